The van der Waals surface area contributed by atoms with Gasteiger partial charge in [-0.1, -0.05) is 11.6 Å². The van der Waals surface area contributed by atoms with E-state index in [-0.39, 0.29) is 6.10 Å². The molecule has 14 heavy (non-hydrogen) atoms. The maximum Gasteiger partial charge on any atom is 0.134 e. The Kier molecular flexibility index (Phi) is 4.62. The van der Waals surface area contributed by atoms with E-state index in [0.717, 1.165) is 5.82 Å². The van der Waals surface area contributed by atoms with Crippen LogP contribution in [0.25, 0.3) is 0 Å². The van der Waals surface area contributed by atoms with Gasteiger partial charge in [-0.15, -0.1) is 0 Å². The van der Waals surface area contributed by atoms with E-state index in [4.69, 9.17) is 16.3 Å². The predicted octanol–water partition coefficient (Wildman–Crippen LogP) is 1.97. The molecule has 0 saturated carbocycles. The number of rotatable bonds is 5. The number of hydrogen-bond donors (Lipinski definition) is 1. The lowest BCUT2D eigenvalue weighted by molar-refractivity contribution is 0.0855. The largest absolute Gasteiger partial charge is 0.377 e. The molecule has 0 saturated heterocycles. The summed E-state index contributed by atoms with van der Waals surface area (Å²) in [5.41, 5.74) is 0. The molecule has 0 radical (unpaired) electrons. The van der Waals surface area contributed by atoms with Crippen molar-refractivity contribution in [1.82, 2.24) is 9.97 Å². The summed E-state index contributed by atoms with van der Waals surface area (Å²) in [5.74, 6) is 0.719. The van der Waals surface area contributed by atoms with Crippen molar-refractivity contribution in [3.05, 3.63) is 17.5 Å². The van der Waals surface area contributed by atoms with Gasteiger partial charge in [0.2, 0.25) is 0 Å². The Labute approximate surface area is 88.7 Å². The minimum Gasteiger partial charge on any atom is -0.377 e. The van der Waals surface area contributed by atoms with Crippen LogP contribution in [0.15, 0.2) is 12.4 Å². The zero-order valence-electron chi connectivity index (χ0n) is 8.33. The number of halogens is 1. The van der Waals surface area contributed by atoms with Crippen LogP contribution in [-0.4, -0.2) is 29.2 Å². The Morgan fingerprint density at radius 1 is 1.57 bits per heavy atom. The van der Waals surface area contributed by atoms with Crippen LogP contribution in [-0.2, 0) is 4.74 Å². The second kappa shape index (κ2) is 5.78. The van der Waals surface area contributed by atoms with Crippen molar-refractivity contribution in [3.63, 3.8) is 0 Å². The Morgan fingerprint density at radius 3 is 3.00 bits per heavy atom. The highest BCUT2D eigenvalue weighted by Crippen LogP contribution is 2.08. The zero-order chi connectivity index (χ0) is 10.4. The number of aromatic nitrogens is 2. The standard InChI is InChI=1S/C9H14ClN3O/c1-3-14-7(2)5-11-9-4-8(10)12-6-13-9/h4,6-7H,3,5H2,1-2H3,(H,11,12,13). The van der Waals surface area contributed by atoms with E-state index in [1.165, 1.54) is 6.33 Å². The Balaban J connectivity index is 2.37. The molecule has 1 aromatic heterocycles. The monoisotopic (exact) mass is 215 g/mol. The number of ether oxygens (including phenoxy) is 1. The van der Waals surface area contributed by atoms with Crippen LogP contribution in [0.4, 0.5) is 5.82 Å². The second-order valence-electron chi connectivity index (χ2n) is 2.87. The van der Waals surface area contributed by atoms with Crippen molar-refractivity contribution in [2.45, 2.75) is 20.0 Å². The third-order valence-electron chi connectivity index (χ3n) is 1.66. The van der Waals surface area contributed by atoms with Crippen molar-refractivity contribution in [3.8, 4) is 0 Å². The molecular weight excluding hydrogens is 202 g/mol. The van der Waals surface area contributed by atoms with Crippen molar-refractivity contribution in [2.75, 3.05) is 18.5 Å². The Morgan fingerprint density at radius 2 is 2.36 bits per heavy atom. The lowest BCUT2D eigenvalue weighted by Gasteiger charge is -2.12. The van der Waals surface area contributed by atoms with Gasteiger partial charge in [-0.2, -0.15) is 0 Å². The van der Waals surface area contributed by atoms with E-state index in [2.05, 4.69) is 15.3 Å². The number of hydrogen-bond acceptors (Lipinski definition) is 4. The highest BCUT2D eigenvalue weighted by atomic mass is 35.5. The van der Waals surface area contributed by atoms with Gasteiger partial charge in [-0.3, -0.25) is 0 Å². The minimum absolute atomic E-state index is 0.161. The van der Waals surface area contributed by atoms with Gasteiger partial charge in [0.15, 0.2) is 0 Å². The minimum atomic E-state index is 0.161. The summed E-state index contributed by atoms with van der Waals surface area (Å²) in [7, 11) is 0. The van der Waals surface area contributed by atoms with E-state index in [0.29, 0.717) is 18.3 Å². The maximum absolute atomic E-state index is 5.70. The van der Waals surface area contributed by atoms with E-state index < -0.39 is 0 Å². The fourth-order valence-electron chi connectivity index (χ4n) is 1.02. The molecular formula is C9H14ClN3O. The molecule has 0 aliphatic rings. The molecule has 0 amide bonds. The quantitative estimate of drug-likeness (QED) is 0.763. The first-order chi connectivity index (χ1) is 6.72. The fourth-order valence-corrected chi connectivity index (χ4v) is 1.17. The van der Waals surface area contributed by atoms with Gasteiger partial charge < -0.3 is 10.1 Å². The van der Waals surface area contributed by atoms with Gasteiger partial charge in [-0.05, 0) is 13.8 Å². The van der Waals surface area contributed by atoms with E-state index in [9.17, 15) is 0 Å². The molecule has 78 valence electrons. The first-order valence-electron chi connectivity index (χ1n) is 4.55. The molecule has 1 heterocycles. The molecule has 1 rings (SSSR count). The third-order valence-corrected chi connectivity index (χ3v) is 1.86. The van der Waals surface area contributed by atoms with Crippen LogP contribution in [0.2, 0.25) is 5.15 Å². The normalized spacial score (nSPS) is 12.5. The fraction of sp³-hybridized carbons (Fsp3) is 0.556. The summed E-state index contributed by atoms with van der Waals surface area (Å²) >= 11 is 5.70. The lowest BCUT2D eigenvalue weighted by atomic mass is 10.4. The van der Waals surface area contributed by atoms with Crippen LogP contribution in [0.3, 0.4) is 0 Å². The van der Waals surface area contributed by atoms with Crippen LogP contribution < -0.4 is 5.32 Å². The van der Waals surface area contributed by atoms with Gasteiger partial charge in [-0.25, -0.2) is 9.97 Å². The van der Waals surface area contributed by atoms with Gasteiger partial charge in [0.25, 0.3) is 0 Å². The average molecular weight is 216 g/mol. The molecule has 1 atom stereocenters. The van der Waals surface area contributed by atoms with Gasteiger partial charge in [0.1, 0.15) is 17.3 Å². The lowest BCUT2D eigenvalue weighted by Crippen LogP contribution is -2.20. The molecule has 0 spiro atoms. The molecule has 0 bridgehead atoms. The number of nitrogens with one attached hydrogen (secondary N) is 1. The SMILES string of the molecule is CCOC(C)CNc1cc(Cl)ncn1. The topological polar surface area (TPSA) is 47.0 Å². The summed E-state index contributed by atoms with van der Waals surface area (Å²) in [6.45, 7) is 5.39. The van der Waals surface area contributed by atoms with Gasteiger partial charge in [0, 0.05) is 19.2 Å². The summed E-state index contributed by atoms with van der Waals surface area (Å²) in [5, 5.41) is 3.55. The molecule has 1 aromatic rings. The second-order valence-corrected chi connectivity index (χ2v) is 3.26. The van der Waals surface area contributed by atoms with Gasteiger partial charge in [0.05, 0.1) is 6.10 Å². The van der Waals surface area contributed by atoms with E-state index in [1.54, 1.807) is 6.07 Å². The van der Waals surface area contributed by atoms with Crippen LogP contribution >= 0.6 is 11.6 Å². The maximum atomic E-state index is 5.70. The summed E-state index contributed by atoms with van der Waals surface area (Å²) in [6.07, 6.45) is 1.59. The van der Waals surface area contributed by atoms with E-state index in [1.807, 2.05) is 13.8 Å². The highest BCUT2D eigenvalue weighted by molar-refractivity contribution is 6.29. The predicted molar refractivity (Wildman–Crippen MR) is 56.6 cm³/mol. The summed E-state index contributed by atoms with van der Waals surface area (Å²) < 4.78 is 5.35. The number of anilines is 1. The van der Waals surface area contributed by atoms with Crippen molar-refractivity contribution in [1.29, 1.82) is 0 Å². The molecule has 1 N–H and O–H groups in total. The highest BCUT2D eigenvalue weighted by Gasteiger charge is 2.01. The van der Waals surface area contributed by atoms with Crippen molar-refractivity contribution in [2.24, 2.45) is 0 Å². The average Bonchev–Trinajstić information content (AvgIpc) is 2.15. The summed E-state index contributed by atoms with van der Waals surface area (Å²) in [6, 6.07) is 1.68. The van der Waals surface area contributed by atoms with Crippen LogP contribution in [0, 0.1) is 0 Å². The molecule has 0 aliphatic heterocycles. The molecule has 1 unspecified atom stereocenters. The van der Waals surface area contributed by atoms with Gasteiger partial charge >= 0.3 is 0 Å². The number of nitrogens with zero attached hydrogens (tertiary/aromatic N) is 2. The van der Waals surface area contributed by atoms with Crippen LogP contribution in [0.1, 0.15) is 13.8 Å². The molecule has 0 fully saturated rings. The first kappa shape index (κ1) is 11.2. The Hall–Kier alpha value is -0.870. The van der Waals surface area contributed by atoms with Crippen molar-refractivity contribution >= 4 is 17.4 Å². The zero-order valence-corrected chi connectivity index (χ0v) is 9.08. The molecule has 5 heteroatoms. The first-order valence-corrected chi connectivity index (χ1v) is 4.93. The summed E-state index contributed by atoms with van der Waals surface area (Å²) in [4.78, 5) is 7.80. The van der Waals surface area contributed by atoms with E-state index >= 15 is 0 Å². The molecule has 4 nitrogen and oxygen atoms in total. The molecule has 0 aliphatic carbocycles. The van der Waals surface area contributed by atoms with Crippen LogP contribution in [0.5, 0.6) is 0 Å². The smallest absolute Gasteiger partial charge is 0.134 e. The van der Waals surface area contributed by atoms with Crippen molar-refractivity contribution < 1.29 is 4.74 Å². The molecule has 0 aromatic carbocycles. The Bertz CT molecular complexity index is 283. The third kappa shape index (κ3) is 3.89.